The first-order valence-corrected chi connectivity index (χ1v) is 6.80. The molecule has 0 aromatic carbocycles. The number of hydrogen-bond donors (Lipinski definition) is 1. The minimum Gasteiger partial charge on any atom is -0.311 e. The highest BCUT2D eigenvalue weighted by atomic mass is 14.9. The molecule has 3 unspecified atom stereocenters. The monoisotopic (exact) mass is 231 g/mol. The van der Waals surface area contributed by atoms with Crippen LogP contribution in [0, 0.1) is 24.7 Å². The zero-order valence-electron chi connectivity index (χ0n) is 10.5. The largest absolute Gasteiger partial charge is 0.311 e. The molecule has 92 valence electrons. The van der Waals surface area contributed by atoms with E-state index in [-0.39, 0.29) is 0 Å². The smallest absolute Gasteiger partial charge is 0.125 e. The molecule has 1 aromatic rings. The molecule has 2 bridgehead atoms. The lowest BCUT2D eigenvalue weighted by atomic mass is 9.89. The van der Waals surface area contributed by atoms with Gasteiger partial charge in [-0.1, -0.05) is 6.42 Å². The van der Waals surface area contributed by atoms with E-state index in [9.17, 15) is 0 Å². The summed E-state index contributed by atoms with van der Waals surface area (Å²) in [5.41, 5.74) is 1.11. The fraction of sp³-hybridized carbons (Fsp3) is 0.714. The van der Waals surface area contributed by atoms with Crippen molar-refractivity contribution in [1.29, 1.82) is 0 Å². The molecule has 0 aliphatic heterocycles. The van der Waals surface area contributed by atoms with Crippen molar-refractivity contribution in [3.63, 3.8) is 0 Å². The molecule has 1 aromatic heterocycles. The molecular weight excluding hydrogens is 210 g/mol. The van der Waals surface area contributed by atoms with Gasteiger partial charge in [0.1, 0.15) is 5.82 Å². The van der Waals surface area contributed by atoms with Crippen LogP contribution < -0.4 is 5.32 Å². The third-order valence-electron chi connectivity index (χ3n) is 4.43. The van der Waals surface area contributed by atoms with Gasteiger partial charge in [-0.3, -0.25) is 0 Å². The molecular formula is C14H21N3. The van der Waals surface area contributed by atoms with Gasteiger partial charge in [0.05, 0.1) is 5.69 Å². The summed E-state index contributed by atoms with van der Waals surface area (Å²) in [7, 11) is 0. The van der Waals surface area contributed by atoms with Crippen LogP contribution in [0.4, 0.5) is 0 Å². The lowest BCUT2D eigenvalue weighted by molar-refractivity contribution is 0.318. The highest BCUT2D eigenvalue weighted by molar-refractivity contribution is 5.01. The van der Waals surface area contributed by atoms with Gasteiger partial charge in [-0.25, -0.2) is 9.97 Å². The van der Waals surface area contributed by atoms with E-state index in [4.69, 9.17) is 0 Å². The first kappa shape index (κ1) is 11.1. The molecule has 1 N–H and O–H groups in total. The zero-order valence-corrected chi connectivity index (χ0v) is 10.5. The van der Waals surface area contributed by atoms with Crippen molar-refractivity contribution in [1.82, 2.24) is 15.3 Å². The van der Waals surface area contributed by atoms with E-state index in [0.717, 1.165) is 35.8 Å². The Morgan fingerprint density at radius 1 is 1.35 bits per heavy atom. The minimum absolute atomic E-state index is 0.865. The average molecular weight is 231 g/mol. The van der Waals surface area contributed by atoms with Gasteiger partial charge in [-0.05, 0) is 56.6 Å². The first-order chi connectivity index (χ1) is 8.31. The molecule has 3 atom stereocenters. The molecule has 2 aliphatic carbocycles. The van der Waals surface area contributed by atoms with Gasteiger partial charge >= 0.3 is 0 Å². The topological polar surface area (TPSA) is 37.8 Å². The Kier molecular flexibility index (Phi) is 3.10. The predicted octanol–water partition coefficient (Wildman–Crippen LogP) is 2.31. The van der Waals surface area contributed by atoms with E-state index in [1.807, 2.05) is 19.2 Å². The molecule has 2 fully saturated rings. The maximum absolute atomic E-state index is 4.41. The van der Waals surface area contributed by atoms with Crippen LogP contribution in [0.3, 0.4) is 0 Å². The van der Waals surface area contributed by atoms with E-state index in [1.165, 1.54) is 32.2 Å². The van der Waals surface area contributed by atoms with Crippen molar-refractivity contribution >= 4 is 0 Å². The van der Waals surface area contributed by atoms with Crippen LogP contribution in [-0.2, 0) is 6.54 Å². The van der Waals surface area contributed by atoms with Crippen molar-refractivity contribution in [3.8, 4) is 0 Å². The Morgan fingerprint density at radius 3 is 3.00 bits per heavy atom. The van der Waals surface area contributed by atoms with Crippen molar-refractivity contribution in [3.05, 3.63) is 23.8 Å². The second-order valence-corrected chi connectivity index (χ2v) is 5.66. The normalized spacial score (nSPS) is 31.0. The summed E-state index contributed by atoms with van der Waals surface area (Å²) in [5, 5.41) is 3.57. The third-order valence-corrected chi connectivity index (χ3v) is 4.43. The van der Waals surface area contributed by atoms with Crippen LogP contribution in [0.1, 0.15) is 37.2 Å². The lowest BCUT2D eigenvalue weighted by Gasteiger charge is -2.21. The van der Waals surface area contributed by atoms with Crippen molar-refractivity contribution in [2.24, 2.45) is 17.8 Å². The Labute approximate surface area is 103 Å². The van der Waals surface area contributed by atoms with Gasteiger partial charge in [0, 0.05) is 12.7 Å². The van der Waals surface area contributed by atoms with Crippen LogP contribution in [-0.4, -0.2) is 16.5 Å². The zero-order chi connectivity index (χ0) is 11.7. The molecule has 2 aliphatic rings. The minimum atomic E-state index is 0.865. The highest BCUT2D eigenvalue weighted by Gasteiger charge is 2.38. The summed E-state index contributed by atoms with van der Waals surface area (Å²) in [4.78, 5) is 8.53. The van der Waals surface area contributed by atoms with Gasteiger partial charge in [0.2, 0.25) is 0 Å². The second kappa shape index (κ2) is 4.73. The number of aryl methyl sites for hydroxylation is 1. The first-order valence-electron chi connectivity index (χ1n) is 6.80. The van der Waals surface area contributed by atoms with Crippen LogP contribution in [0.5, 0.6) is 0 Å². The van der Waals surface area contributed by atoms with Gasteiger partial charge < -0.3 is 5.32 Å². The summed E-state index contributed by atoms with van der Waals surface area (Å²) >= 11 is 0. The summed E-state index contributed by atoms with van der Waals surface area (Å²) in [6.07, 6.45) is 7.77. The van der Waals surface area contributed by atoms with E-state index in [1.54, 1.807) is 0 Å². The quantitative estimate of drug-likeness (QED) is 0.864. The molecule has 17 heavy (non-hydrogen) atoms. The van der Waals surface area contributed by atoms with Crippen molar-refractivity contribution in [2.45, 2.75) is 39.2 Å². The second-order valence-electron chi connectivity index (χ2n) is 5.66. The number of rotatable bonds is 4. The molecule has 0 amide bonds. The van der Waals surface area contributed by atoms with Gasteiger partial charge in [0.15, 0.2) is 0 Å². The number of nitrogens with one attached hydrogen (secondary N) is 1. The summed E-state index contributed by atoms with van der Waals surface area (Å²) < 4.78 is 0. The molecule has 3 rings (SSSR count). The number of hydrogen-bond acceptors (Lipinski definition) is 3. The SMILES string of the molecule is Cc1nccc(CNCC2CC3CCC2C3)n1. The Balaban J connectivity index is 1.46. The summed E-state index contributed by atoms with van der Waals surface area (Å²) in [6, 6.07) is 2.00. The maximum atomic E-state index is 4.41. The van der Waals surface area contributed by atoms with E-state index >= 15 is 0 Å². The van der Waals surface area contributed by atoms with Gasteiger partial charge in [-0.15, -0.1) is 0 Å². The third kappa shape index (κ3) is 2.49. The standard InChI is InChI=1S/C14H21N3/c1-10-16-5-4-14(17-10)9-15-8-13-7-11-2-3-12(13)6-11/h4-5,11-13,15H,2-3,6-9H2,1H3. The highest BCUT2D eigenvalue weighted by Crippen LogP contribution is 2.47. The Bertz CT molecular complexity index is 391. The van der Waals surface area contributed by atoms with Gasteiger partial charge in [-0.2, -0.15) is 0 Å². The van der Waals surface area contributed by atoms with Crippen molar-refractivity contribution < 1.29 is 0 Å². The molecule has 2 saturated carbocycles. The van der Waals surface area contributed by atoms with Crippen LogP contribution >= 0.6 is 0 Å². The van der Waals surface area contributed by atoms with Crippen LogP contribution in [0.2, 0.25) is 0 Å². The number of aromatic nitrogens is 2. The molecule has 0 radical (unpaired) electrons. The predicted molar refractivity (Wildman–Crippen MR) is 67.4 cm³/mol. The van der Waals surface area contributed by atoms with Crippen molar-refractivity contribution in [2.75, 3.05) is 6.54 Å². The molecule has 1 heterocycles. The molecule has 3 heteroatoms. The Hall–Kier alpha value is -0.960. The van der Waals surface area contributed by atoms with E-state index in [0.29, 0.717) is 0 Å². The fourth-order valence-corrected chi connectivity index (χ4v) is 3.62. The number of fused-ring (bicyclic) bond motifs is 2. The molecule has 3 nitrogen and oxygen atoms in total. The van der Waals surface area contributed by atoms with Crippen LogP contribution in [0.15, 0.2) is 12.3 Å². The summed E-state index contributed by atoms with van der Waals surface area (Å²) in [6.45, 7) is 4.00. The lowest BCUT2D eigenvalue weighted by Crippen LogP contribution is -2.26. The van der Waals surface area contributed by atoms with Gasteiger partial charge in [0.25, 0.3) is 0 Å². The Morgan fingerprint density at radius 2 is 2.29 bits per heavy atom. The number of nitrogens with zero attached hydrogens (tertiary/aromatic N) is 2. The maximum Gasteiger partial charge on any atom is 0.125 e. The van der Waals surface area contributed by atoms with E-state index < -0.39 is 0 Å². The summed E-state index contributed by atoms with van der Waals surface area (Å²) in [5.74, 6) is 3.86. The fourth-order valence-electron chi connectivity index (χ4n) is 3.62. The molecule has 0 saturated heterocycles. The molecule has 0 spiro atoms. The average Bonchev–Trinajstić information content (AvgIpc) is 2.91. The van der Waals surface area contributed by atoms with E-state index in [2.05, 4.69) is 15.3 Å². The van der Waals surface area contributed by atoms with Crippen LogP contribution in [0.25, 0.3) is 0 Å².